The zero-order valence-corrected chi connectivity index (χ0v) is 19.9. The van der Waals surface area contributed by atoms with Gasteiger partial charge >= 0.3 is 12.1 Å². The highest BCUT2D eigenvalue weighted by Crippen LogP contribution is 2.34. The predicted molar refractivity (Wildman–Crippen MR) is 124 cm³/mol. The molecular formula is C25H27F3N2O6. The number of amides is 2. The van der Waals surface area contributed by atoms with Gasteiger partial charge in [-0.1, -0.05) is 19.1 Å². The number of ether oxygens (including phenoxy) is 3. The summed E-state index contributed by atoms with van der Waals surface area (Å²) in [6.07, 6.45) is -2.81. The smallest absolute Gasteiger partial charge is 0.418 e. The van der Waals surface area contributed by atoms with Gasteiger partial charge < -0.3 is 24.4 Å². The highest BCUT2D eigenvalue weighted by molar-refractivity contribution is 5.93. The standard InChI is InChI=1S/C25H27F3N2O6/c1-16-9-11-30(12-10-16)23(32)15-36-24(33)17-7-8-20(21(13-17)34-2)35-14-22(31)29-19-6-4-3-5-18(19)25(26,27)28/h3-8,13,16H,9-12,14-15H2,1-2H3,(H,29,31). The van der Waals surface area contributed by atoms with Crippen LogP contribution in [0.2, 0.25) is 0 Å². The summed E-state index contributed by atoms with van der Waals surface area (Å²) in [4.78, 5) is 38.5. The summed E-state index contributed by atoms with van der Waals surface area (Å²) >= 11 is 0. The van der Waals surface area contributed by atoms with Crippen molar-refractivity contribution >= 4 is 23.5 Å². The Balaban J connectivity index is 1.56. The van der Waals surface area contributed by atoms with Crippen molar-refractivity contribution in [1.82, 2.24) is 4.90 Å². The van der Waals surface area contributed by atoms with E-state index >= 15 is 0 Å². The molecule has 8 nitrogen and oxygen atoms in total. The lowest BCUT2D eigenvalue weighted by molar-refractivity contribution is -0.137. The Morgan fingerprint density at radius 2 is 1.72 bits per heavy atom. The normalized spacial score (nSPS) is 14.2. The second-order valence-electron chi connectivity index (χ2n) is 8.39. The van der Waals surface area contributed by atoms with Gasteiger partial charge in [-0.3, -0.25) is 9.59 Å². The predicted octanol–water partition coefficient (Wildman–Crippen LogP) is 4.15. The van der Waals surface area contributed by atoms with E-state index in [4.69, 9.17) is 14.2 Å². The molecule has 1 aliphatic rings. The number of para-hydroxylation sites is 1. The maximum absolute atomic E-state index is 13.1. The molecule has 0 bridgehead atoms. The number of anilines is 1. The third kappa shape index (κ3) is 7.12. The molecule has 0 spiro atoms. The van der Waals surface area contributed by atoms with Gasteiger partial charge in [0.05, 0.1) is 23.9 Å². The van der Waals surface area contributed by atoms with Crippen LogP contribution in [0.1, 0.15) is 35.7 Å². The van der Waals surface area contributed by atoms with Gasteiger partial charge in [0.2, 0.25) is 0 Å². The first-order valence-corrected chi connectivity index (χ1v) is 11.3. The van der Waals surface area contributed by atoms with E-state index in [1.54, 1.807) is 4.90 Å². The number of likely N-dealkylation sites (tertiary alicyclic amines) is 1. The molecule has 1 heterocycles. The lowest BCUT2D eigenvalue weighted by atomic mass is 9.99. The number of nitrogens with zero attached hydrogens (tertiary/aromatic N) is 1. The van der Waals surface area contributed by atoms with E-state index in [-0.39, 0.29) is 29.6 Å². The molecule has 1 saturated heterocycles. The molecule has 0 aromatic heterocycles. The summed E-state index contributed by atoms with van der Waals surface area (Å²) in [5, 5.41) is 2.18. The number of esters is 1. The first-order valence-electron chi connectivity index (χ1n) is 11.3. The van der Waals surface area contributed by atoms with E-state index in [9.17, 15) is 27.6 Å². The topological polar surface area (TPSA) is 94.2 Å². The lowest BCUT2D eigenvalue weighted by Crippen LogP contribution is -2.40. The highest BCUT2D eigenvalue weighted by atomic mass is 19.4. The van der Waals surface area contributed by atoms with Gasteiger partial charge in [-0.15, -0.1) is 0 Å². The number of hydrogen-bond acceptors (Lipinski definition) is 6. The van der Waals surface area contributed by atoms with Crippen LogP contribution in [0.15, 0.2) is 42.5 Å². The third-order valence-electron chi connectivity index (χ3n) is 5.73. The summed E-state index contributed by atoms with van der Waals surface area (Å²) in [5.41, 5.74) is -1.27. The Bertz CT molecular complexity index is 1100. The molecular weight excluding hydrogens is 481 g/mol. The first kappa shape index (κ1) is 26.8. The van der Waals surface area contributed by atoms with Crippen LogP contribution in [0.3, 0.4) is 0 Å². The van der Waals surface area contributed by atoms with Gasteiger partial charge in [0.25, 0.3) is 11.8 Å². The van der Waals surface area contributed by atoms with Crippen molar-refractivity contribution in [3.63, 3.8) is 0 Å². The molecule has 0 saturated carbocycles. The van der Waals surface area contributed by atoms with Gasteiger partial charge in [-0.05, 0) is 49.1 Å². The molecule has 0 unspecified atom stereocenters. The van der Waals surface area contributed by atoms with Crippen molar-refractivity contribution in [2.24, 2.45) is 5.92 Å². The number of methoxy groups -OCH3 is 1. The van der Waals surface area contributed by atoms with Crippen molar-refractivity contribution in [1.29, 1.82) is 0 Å². The van der Waals surface area contributed by atoms with E-state index in [1.807, 2.05) is 0 Å². The number of hydrogen-bond donors (Lipinski definition) is 1. The molecule has 1 N–H and O–H groups in total. The minimum absolute atomic E-state index is 0.0896. The number of rotatable bonds is 8. The quantitative estimate of drug-likeness (QED) is 0.539. The highest BCUT2D eigenvalue weighted by Gasteiger charge is 2.33. The Hall–Kier alpha value is -3.76. The fraction of sp³-hybridized carbons (Fsp3) is 0.400. The van der Waals surface area contributed by atoms with E-state index in [1.165, 1.54) is 37.4 Å². The van der Waals surface area contributed by atoms with Crippen LogP contribution in [-0.2, 0) is 20.5 Å². The Morgan fingerprint density at radius 1 is 1.03 bits per heavy atom. The largest absolute Gasteiger partial charge is 0.493 e. The number of carbonyl (C=O) groups excluding carboxylic acids is 3. The molecule has 36 heavy (non-hydrogen) atoms. The molecule has 11 heteroatoms. The fourth-order valence-electron chi connectivity index (χ4n) is 3.64. The van der Waals surface area contributed by atoms with E-state index in [0.29, 0.717) is 19.0 Å². The summed E-state index contributed by atoms with van der Waals surface area (Å²) in [5.74, 6) is -1.06. The first-order chi connectivity index (χ1) is 17.1. The molecule has 2 aromatic carbocycles. The van der Waals surface area contributed by atoms with Crippen LogP contribution in [0, 0.1) is 5.92 Å². The number of halogens is 3. The molecule has 194 valence electrons. The van der Waals surface area contributed by atoms with Crippen molar-refractivity contribution in [3.8, 4) is 11.5 Å². The monoisotopic (exact) mass is 508 g/mol. The maximum Gasteiger partial charge on any atom is 0.418 e. The summed E-state index contributed by atoms with van der Waals surface area (Å²) in [6.45, 7) is 2.41. The van der Waals surface area contributed by atoms with Crippen molar-refractivity contribution < 1.29 is 41.8 Å². The Morgan fingerprint density at radius 3 is 2.39 bits per heavy atom. The molecule has 0 atom stereocenters. The van der Waals surface area contributed by atoms with Crippen molar-refractivity contribution in [2.75, 3.05) is 38.7 Å². The van der Waals surface area contributed by atoms with Gasteiger partial charge in [-0.2, -0.15) is 13.2 Å². The molecule has 0 aliphatic carbocycles. The van der Waals surface area contributed by atoms with Crippen LogP contribution in [-0.4, -0.2) is 56.1 Å². The number of benzene rings is 2. The molecule has 2 aromatic rings. The zero-order chi connectivity index (χ0) is 26.3. The maximum atomic E-state index is 13.1. The zero-order valence-electron chi connectivity index (χ0n) is 19.9. The van der Waals surface area contributed by atoms with Gasteiger partial charge in [0.1, 0.15) is 0 Å². The third-order valence-corrected chi connectivity index (χ3v) is 5.73. The van der Waals surface area contributed by atoms with Crippen LogP contribution >= 0.6 is 0 Å². The van der Waals surface area contributed by atoms with Gasteiger partial charge in [0.15, 0.2) is 24.7 Å². The Labute approximate surface area is 206 Å². The summed E-state index contributed by atoms with van der Waals surface area (Å²) in [6, 6.07) is 8.63. The average molecular weight is 508 g/mol. The van der Waals surface area contributed by atoms with E-state index in [2.05, 4.69) is 12.2 Å². The molecule has 2 amide bonds. The van der Waals surface area contributed by atoms with Gasteiger partial charge in [-0.25, -0.2) is 4.79 Å². The SMILES string of the molecule is COc1cc(C(=O)OCC(=O)N2CCC(C)CC2)ccc1OCC(=O)Nc1ccccc1C(F)(F)F. The van der Waals surface area contributed by atoms with Crippen molar-refractivity contribution in [3.05, 3.63) is 53.6 Å². The number of alkyl halides is 3. The number of nitrogens with one attached hydrogen (secondary N) is 1. The summed E-state index contributed by atoms with van der Waals surface area (Å²) < 4.78 is 55.0. The van der Waals surface area contributed by atoms with Gasteiger partial charge in [0, 0.05) is 13.1 Å². The number of piperidine rings is 1. The van der Waals surface area contributed by atoms with Crippen LogP contribution in [0.5, 0.6) is 11.5 Å². The lowest BCUT2D eigenvalue weighted by Gasteiger charge is -2.30. The Kier molecular flexibility index (Phi) is 8.78. The fourth-order valence-corrected chi connectivity index (χ4v) is 3.64. The molecule has 1 aliphatic heterocycles. The second-order valence-corrected chi connectivity index (χ2v) is 8.39. The molecule has 1 fully saturated rings. The minimum Gasteiger partial charge on any atom is -0.493 e. The van der Waals surface area contributed by atoms with Crippen LogP contribution in [0.25, 0.3) is 0 Å². The van der Waals surface area contributed by atoms with Crippen LogP contribution in [0.4, 0.5) is 18.9 Å². The average Bonchev–Trinajstić information content (AvgIpc) is 2.85. The second kappa shape index (κ2) is 11.8. The van der Waals surface area contributed by atoms with Crippen LogP contribution < -0.4 is 14.8 Å². The minimum atomic E-state index is -4.63. The van der Waals surface area contributed by atoms with E-state index < -0.39 is 35.9 Å². The molecule has 0 radical (unpaired) electrons. The summed E-state index contributed by atoms with van der Waals surface area (Å²) in [7, 11) is 1.32. The molecule has 3 rings (SSSR count). The van der Waals surface area contributed by atoms with E-state index in [0.717, 1.165) is 25.0 Å². The number of carbonyl (C=O) groups is 3. The van der Waals surface area contributed by atoms with Crippen molar-refractivity contribution in [2.45, 2.75) is 25.9 Å².